The average Bonchev–Trinajstić information content (AvgIpc) is 3.40. The summed E-state index contributed by atoms with van der Waals surface area (Å²) in [5.41, 5.74) is 3.56. The minimum atomic E-state index is 0. The van der Waals surface area contributed by atoms with Gasteiger partial charge in [0, 0.05) is 18.6 Å². The van der Waals surface area contributed by atoms with E-state index in [1.165, 1.54) is 50.8 Å². The van der Waals surface area contributed by atoms with Crippen molar-refractivity contribution in [2.24, 2.45) is 11.3 Å². The van der Waals surface area contributed by atoms with E-state index < -0.39 is 0 Å². The number of piperidine rings is 1. The van der Waals surface area contributed by atoms with E-state index in [4.69, 9.17) is 5.11 Å². The molecule has 0 unspecified atom stereocenters. The summed E-state index contributed by atoms with van der Waals surface area (Å²) < 4.78 is 0. The predicted molar refractivity (Wildman–Crippen MR) is 122 cm³/mol. The fourth-order valence-electron chi connectivity index (χ4n) is 5.23. The summed E-state index contributed by atoms with van der Waals surface area (Å²) in [5, 5.41) is 13.0. The monoisotopic (exact) mass is 426 g/mol. The fraction of sp³-hybridized carbons (Fsp3) is 0.652. The van der Waals surface area contributed by atoms with E-state index in [2.05, 4.69) is 53.5 Å². The minimum Gasteiger partial charge on any atom is -0.395 e. The van der Waals surface area contributed by atoms with Crippen molar-refractivity contribution < 1.29 is 5.11 Å². The molecule has 3 nitrogen and oxygen atoms in total. The molecule has 3 aliphatic rings. The summed E-state index contributed by atoms with van der Waals surface area (Å²) in [4.78, 5) is 2.42. The summed E-state index contributed by atoms with van der Waals surface area (Å²) in [6.07, 6.45) is 10.3. The number of β-amino-alcohol motifs (C(OH)–C–C–N with tert-alkyl or cyclic N) is 1. The molecule has 2 N–H and O–H groups in total. The Morgan fingerprint density at radius 2 is 1.86 bits per heavy atom. The Morgan fingerprint density at radius 1 is 1.18 bits per heavy atom. The molecule has 0 radical (unpaired) electrons. The average molecular weight is 427 g/mol. The van der Waals surface area contributed by atoms with E-state index in [-0.39, 0.29) is 24.8 Å². The molecule has 2 aliphatic carbocycles. The molecular weight excluding hydrogens is 391 g/mol. The summed E-state index contributed by atoms with van der Waals surface area (Å²) in [6, 6.07) is 12.2. The Kier molecular flexibility index (Phi) is 8.84. The quantitative estimate of drug-likeness (QED) is 0.671. The van der Waals surface area contributed by atoms with Crippen LogP contribution in [-0.2, 0) is 0 Å². The van der Waals surface area contributed by atoms with Crippen molar-refractivity contribution >= 4 is 30.9 Å². The zero-order valence-electron chi connectivity index (χ0n) is 17.0. The number of nitrogens with one attached hydrogen (secondary N) is 1. The normalized spacial score (nSPS) is 26.9. The molecule has 158 valence electrons. The van der Waals surface area contributed by atoms with E-state index in [1.54, 1.807) is 5.57 Å². The molecule has 2 atom stereocenters. The van der Waals surface area contributed by atoms with Crippen molar-refractivity contribution in [1.29, 1.82) is 0 Å². The number of benzene rings is 1. The smallest absolute Gasteiger partial charge is 0.0558 e. The van der Waals surface area contributed by atoms with Gasteiger partial charge in [0.25, 0.3) is 0 Å². The second-order valence-corrected chi connectivity index (χ2v) is 8.77. The molecule has 0 bridgehead atoms. The van der Waals surface area contributed by atoms with Gasteiger partial charge in [0.15, 0.2) is 0 Å². The summed E-state index contributed by atoms with van der Waals surface area (Å²) in [6.45, 7) is 5.81. The number of aliphatic hydroxyl groups excluding tert-OH is 1. The van der Waals surface area contributed by atoms with Crippen molar-refractivity contribution in [2.75, 3.05) is 26.2 Å². The number of hydrogen-bond acceptors (Lipinski definition) is 3. The van der Waals surface area contributed by atoms with E-state index in [0.717, 1.165) is 24.9 Å². The lowest BCUT2D eigenvalue weighted by Crippen LogP contribution is -2.54. The van der Waals surface area contributed by atoms with E-state index in [1.807, 2.05) is 0 Å². The van der Waals surface area contributed by atoms with Gasteiger partial charge in [0.1, 0.15) is 0 Å². The second-order valence-electron chi connectivity index (χ2n) is 8.77. The molecule has 1 heterocycles. The lowest BCUT2D eigenvalue weighted by Gasteiger charge is -2.52. The van der Waals surface area contributed by atoms with Crippen LogP contribution >= 0.6 is 24.8 Å². The third-order valence-corrected chi connectivity index (χ3v) is 6.97. The van der Waals surface area contributed by atoms with E-state index in [0.29, 0.717) is 18.1 Å². The maximum absolute atomic E-state index is 9.09. The Labute approximate surface area is 182 Å². The molecular formula is C23H36Cl2N2O. The predicted octanol–water partition coefficient (Wildman–Crippen LogP) is 4.54. The molecule has 1 aliphatic heterocycles. The van der Waals surface area contributed by atoms with Gasteiger partial charge in [0.05, 0.1) is 6.61 Å². The van der Waals surface area contributed by atoms with Crippen molar-refractivity contribution in [2.45, 2.75) is 57.5 Å². The number of aliphatic hydroxyl groups is 1. The van der Waals surface area contributed by atoms with Crippen LogP contribution in [0, 0.1) is 11.3 Å². The summed E-state index contributed by atoms with van der Waals surface area (Å²) >= 11 is 0. The van der Waals surface area contributed by atoms with Crippen LogP contribution in [0.3, 0.4) is 0 Å². The number of halogens is 2. The highest BCUT2D eigenvalue weighted by atomic mass is 35.5. The second kappa shape index (κ2) is 10.4. The molecule has 1 aromatic carbocycles. The molecule has 28 heavy (non-hydrogen) atoms. The van der Waals surface area contributed by atoms with Crippen LogP contribution in [-0.4, -0.2) is 48.3 Å². The van der Waals surface area contributed by atoms with E-state index >= 15 is 0 Å². The van der Waals surface area contributed by atoms with Crippen LogP contribution in [0.2, 0.25) is 0 Å². The minimum absolute atomic E-state index is 0. The van der Waals surface area contributed by atoms with Crippen LogP contribution < -0.4 is 5.32 Å². The van der Waals surface area contributed by atoms with Crippen molar-refractivity contribution in [1.82, 2.24) is 10.2 Å². The number of hydrogen-bond donors (Lipinski definition) is 2. The SMILES string of the molecule is CC/C(=C\c1ccccc1)[C@H]1C[C@@H]1NC1CC2(CCN(CCO)CC2)C1.Cl.Cl. The first-order chi connectivity index (χ1) is 12.7. The van der Waals surface area contributed by atoms with Gasteiger partial charge >= 0.3 is 0 Å². The molecule has 1 spiro atoms. The molecule has 5 heteroatoms. The Bertz CT molecular complexity index is 621. The van der Waals surface area contributed by atoms with Gasteiger partial charge in [-0.3, -0.25) is 0 Å². The summed E-state index contributed by atoms with van der Waals surface area (Å²) in [5.74, 6) is 0.753. The van der Waals surface area contributed by atoms with Crippen LogP contribution in [0.15, 0.2) is 35.9 Å². The molecule has 0 amide bonds. The van der Waals surface area contributed by atoms with Gasteiger partial charge in [0.2, 0.25) is 0 Å². The Morgan fingerprint density at radius 3 is 2.46 bits per heavy atom. The molecule has 0 aromatic heterocycles. The number of nitrogens with zero attached hydrogens (tertiary/aromatic N) is 1. The maximum atomic E-state index is 9.09. The van der Waals surface area contributed by atoms with Crippen molar-refractivity contribution in [3.8, 4) is 0 Å². The number of likely N-dealkylation sites (tertiary alicyclic amines) is 1. The first-order valence-electron chi connectivity index (χ1n) is 10.6. The van der Waals surface area contributed by atoms with Gasteiger partial charge in [-0.05, 0) is 68.5 Å². The van der Waals surface area contributed by atoms with Crippen molar-refractivity contribution in [3.63, 3.8) is 0 Å². The highest BCUT2D eigenvalue weighted by molar-refractivity contribution is 5.85. The molecule has 4 rings (SSSR count). The molecule has 2 saturated carbocycles. The standard InChI is InChI=1S/C23H34N2O.2ClH/c1-2-19(14-18-6-4-3-5-7-18)21-15-22(21)24-20-16-23(17-20)8-10-25(11-9-23)12-13-26;;/h3-7,14,20-22,24,26H,2,8-13,15-17H2,1H3;2*1H/b19-14+;;/t21-,22+;;/m1../s1. The third kappa shape index (κ3) is 5.52. The van der Waals surface area contributed by atoms with E-state index in [9.17, 15) is 0 Å². The largest absolute Gasteiger partial charge is 0.395 e. The topological polar surface area (TPSA) is 35.5 Å². The van der Waals surface area contributed by atoms with Gasteiger partial charge in [-0.15, -0.1) is 24.8 Å². The van der Waals surface area contributed by atoms with Crippen LogP contribution in [0.5, 0.6) is 0 Å². The Balaban J connectivity index is 0.00000140. The Hall–Kier alpha value is -0.580. The first-order valence-corrected chi connectivity index (χ1v) is 10.6. The molecule has 1 aromatic rings. The van der Waals surface area contributed by atoms with Gasteiger partial charge < -0.3 is 15.3 Å². The van der Waals surface area contributed by atoms with Crippen LogP contribution in [0.25, 0.3) is 6.08 Å². The highest BCUT2D eigenvalue weighted by Gasteiger charge is 2.49. The van der Waals surface area contributed by atoms with Crippen LogP contribution in [0.1, 0.15) is 51.0 Å². The van der Waals surface area contributed by atoms with Gasteiger partial charge in [-0.2, -0.15) is 0 Å². The fourth-order valence-corrected chi connectivity index (χ4v) is 5.23. The maximum Gasteiger partial charge on any atom is 0.0558 e. The third-order valence-electron chi connectivity index (χ3n) is 6.97. The zero-order valence-corrected chi connectivity index (χ0v) is 18.6. The zero-order chi connectivity index (χ0) is 18.0. The van der Waals surface area contributed by atoms with Crippen molar-refractivity contribution in [3.05, 3.63) is 41.5 Å². The molecule has 3 fully saturated rings. The van der Waals surface area contributed by atoms with Crippen LogP contribution in [0.4, 0.5) is 0 Å². The van der Waals surface area contributed by atoms with Gasteiger partial charge in [-0.25, -0.2) is 0 Å². The lowest BCUT2D eigenvalue weighted by atomic mass is 9.60. The number of rotatable bonds is 7. The molecule has 1 saturated heterocycles. The van der Waals surface area contributed by atoms with Gasteiger partial charge in [-0.1, -0.05) is 48.9 Å². The summed E-state index contributed by atoms with van der Waals surface area (Å²) in [7, 11) is 0. The lowest BCUT2D eigenvalue weighted by molar-refractivity contribution is 0.00146. The first kappa shape index (κ1) is 23.7. The highest BCUT2D eigenvalue weighted by Crippen LogP contribution is 2.50.